The highest BCUT2D eigenvalue weighted by Crippen LogP contribution is 2.67. The zero-order chi connectivity index (χ0) is 24.9. The first-order valence-electron chi connectivity index (χ1n) is 14.8. The first-order valence-corrected chi connectivity index (χ1v) is 14.8. The molecule has 1 unspecified atom stereocenters. The van der Waals surface area contributed by atoms with E-state index in [1.165, 1.54) is 57.8 Å². The fourth-order valence-corrected chi connectivity index (χ4v) is 9.08. The highest BCUT2D eigenvalue weighted by Gasteiger charge is 2.59. The predicted molar refractivity (Wildman–Crippen MR) is 142 cm³/mol. The number of carbonyl (C=O) groups excluding carboxylic acids is 1. The molecule has 2 heteroatoms. The number of allylic oxidation sites excluding steroid dienone is 1. The van der Waals surface area contributed by atoms with Crippen LogP contribution < -0.4 is 0 Å². The summed E-state index contributed by atoms with van der Waals surface area (Å²) in [5.74, 6) is 5.22. The molecule has 0 aromatic heterocycles. The van der Waals surface area contributed by atoms with E-state index in [1.54, 1.807) is 5.57 Å². The van der Waals surface area contributed by atoms with Crippen LogP contribution in [0, 0.1) is 51.8 Å². The molecule has 0 radical (unpaired) electrons. The molecule has 2 nitrogen and oxygen atoms in total. The molecule has 194 valence electrons. The number of esters is 1. The topological polar surface area (TPSA) is 26.3 Å². The lowest BCUT2D eigenvalue weighted by Crippen LogP contribution is -2.51. The van der Waals surface area contributed by atoms with Crippen LogP contribution in [0.3, 0.4) is 0 Å². The molecule has 0 spiro atoms. The summed E-state index contributed by atoms with van der Waals surface area (Å²) in [6, 6.07) is 0. The van der Waals surface area contributed by atoms with Gasteiger partial charge in [0.05, 0.1) is 5.41 Å². The Balaban J connectivity index is 1.44. The second kappa shape index (κ2) is 9.59. The molecule has 8 atom stereocenters. The third kappa shape index (κ3) is 4.78. The fraction of sp³-hybridized carbons (Fsp3) is 0.906. The molecule has 3 fully saturated rings. The molecule has 4 aliphatic carbocycles. The van der Waals surface area contributed by atoms with Gasteiger partial charge in [0.15, 0.2) is 0 Å². The summed E-state index contributed by atoms with van der Waals surface area (Å²) in [6.07, 6.45) is 17.2. The van der Waals surface area contributed by atoms with Gasteiger partial charge in [-0.15, -0.1) is 0 Å². The van der Waals surface area contributed by atoms with E-state index >= 15 is 0 Å². The molecule has 0 amide bonds. The quantitative estimate of drug-likeness (QED) is 0.286. The predicted octanol–water partition coefficient (Wildman–Crippen LogP) is 8.99. The van der Waals surface area contributed by atoms with E-state index < -0.39 is 5.41 Å². The van der Waals surface area contributed by atoms with Gasteiger partial charge in [-0.05, 0) is 112 Å². The van der Waals surface area contributed by atoms with Crippen LogP contribution in [0.2, 0.25) is 0 Å². The Bertz CT molecular complexity index is 772. The first-order chi connectivity index (χ1) is 15.9. The van der Waals surface area contributed by atoms with Crippen molar-refractivity contribution in [2.24, 2.45) is 51.8 Å². The zero-order valence-electron chi connectivity index (χ0n) is 23.7. The van der Waals surface area contributed by atoms with Crippen LogP contribution in [0.5, 0.6) is 0 Å². The van der Waals surface area contributed by atoms with Crippen molar-refractivity contribution in [3.63, 3.8) is 0 Å². The van der Waals surface area contributed by atoms with Gasteiger partial charge in [-0.2, -0.15) is 0 Å². The molecule has 0 aliphatic heterocycles. The molecule has 34 heavy (non-hydrogen) atoms. The lowest BCUT2D eigenvalue weighted by Gasteiger charge is -2.58. The molecular weight excluding hydrogens is 416 g/mol. The van der Waals surface area contributed by atoms with Crippen LogP contribution in [0.4, 0.5) is 0 Å². The van der Waals surface area contributed by atoms with Gasteiger partial charge in [0.1, 0.15) is 6.10 Å². The number of hydrogen-bond acceptors (Lipinski definition) is 2. The third-order valence-electron chi connectivity index (χ3n) is 11.1. The van der Waals surface area contributed by atoms with Gasteiger partial charge >= 0.3 is 5.97 Å². The lowest BCUT2D eigenvalue weighted by molar-refractivity contribution is -0.161. The van der Waals surface area contributed by atoms with Gasteiger partial charge in [0.2, 0.25) is 0 Å². The maximum Gasteiger partial charge on any atom is 0.311 e. The summed E-state index contributed by atoms with van der Waals surface area (Å²) in [6.45, 7) is 18.5. The van der Waals surface area contributed by atoms with Crippen molar-refractivity contribution in [3.8, 4) is 0 Å². The van der Waals surface area contributed by atoms with Crippen molar-refractivity contribution in [1.29, 1.82) is 0 Å². The van der Waals surface area contributed by atoms with Gasteiger partial charge in [-0.1, -0.05) is 65.5 Å². The molecule has 0 saturated heterocycles. The van der Waals surface area contributed by atoms with Crippen LogP contribution in [0.15, 0.2) is 11.6 Å². The summed E-state index contributed by atoms with van der Waals surface area (Å²) in [4.78, 5) is 12.5. The summed E-state index contributed by atoms with van der Waals surface area (Å²) >= 11 is 0. The highest BCUT2D eigenvalue weighted by molar-refractivity contribution is 5.75. The van der Waals surface area contributed by atoms with E-state index in [-0.39, 0.29) is 12.1 Å². The van der Waals surface area contributed by atoms with Crippen LogP contribution >= 0.6 is 0 Å². The Hall–Kier alpha value is -0.790. The third-order valence-corrected chi connectivity index (χ3v) is 11.1. The molecule has 4 aliphatic rings. The Morgan fingerprint density at radius 1 is 1.03 bits per heavy atom. The number of ether oxygens (including phenoxy) is 1. The van der Waals surface area contributed by atoms with Crippen LogP contribution in [0.25, 0.3) is 0 Å². The van der Waals surface area contributed by atoms with Crippen molar-refractivity contribution in [1.82, 2.24) is 0 Å². The Kier molecular flexibility index (Phi) is 7.41. The van der Waals surface area contributed by atoms with Crippen molar-refractivity contribution in [3.05, 3.63) is 11.6 Å². The number of fused-ring (bicyclic) bond motifs is 5. The molecule has 0 N–H and O–H groups in total. The van der Waals surface area contributed by atoms with Crippen LogP contribution in [-0.4, -0.2) is 12.1 Å². The molecule has 0 bridgehead atoms. The second-order valence-electron chi connectivity index (χ2n) is 14.8. The van der Waals surface area contributed by atoms with E-state index in [1.807, 2.05) is 20.8 Å². The van der Waals surface area contributed by atoms with E-state index in [0.29, 0.717) is 10.8 Å². The van der Waals surface area contributed by atoms with E-state index in [0.717, 1.165) is 48.3 Å². The largest absolute Gasteiger partial charge is 0.462 e. The Morgan fingerprint density at radius 2 is 1.76 bits per heavy atom. The first kappa shape index (κ1) is 26.3. The summed E-state index contributed by atoms with van der Waals surface area (Å²) < 4.78 is 5.98. The minimum Gasteiger partial charge on any atom is -0.462 e. The Morgan fingerprint density at radius 3 is 2.44 bits per heavy atom. The number of carbonyl (C=O) groups is 1. The second-order valence-corrected chi connectivity index (χ2v) is 14.8. The fourth-order valence-electron chi connectivity index (χ4n) is 9.08. The van der Waals surface area contributed by atoms with Crippen molar-refractivity contribution in [2.45, 2.75) is 132 Å². The minimum atomic E-state index is -0.411. The van der Waals surface area contributed by atoms with Crippen molar-refractivity contribution < 1.29 is 9.53 Å². The van der Waals surface area contributed by atoms with Crippen LogP contribution in [0.1, 0.15) is 126 Å². The summed E-state index contributed by atoms with van der Waals surface area (Å²) in [7, 11) is 0. The normalized spacial score (nSPS) is 40.7. The van der Waals surface area contributed by atoms with E-state index in [9.17, 15) is 4.79 Å². The molecule has 0 aromatic carbocycles. The minimum absolute atomic E-state index is 0.0386. The van der Waals surface area contributed by atoms with Crippen molar-refractivity contribution >= 4 is 5.97 Å². The summed E-state index contributed by atoms with van der Waals surface area (Å²) in [5.41, 5.74) is 2.09. The van der Waals surface area contributed by atoms with Crippen LogP contribution in [-0.2, 0) is 9.53 Å². The number of hydrogen-bond donors (Lipinski definition) is 0. The summed E-state index contributed by atoms with van der Waals surface area (Å²) in [5, 5.41) is 0. The van der Waals surface area contributed by atoms with Crippen molar-refractivity contribution in [2.75, 3.05) is 0 Å². The SMILES string of the molecule is CC(C)CCCC(C)[C@H]1CC[C@H]2[C@@H]3CC=C4C[C@@H](OC(=O)C(C)(C)C)CC[C@]4(C)[C@H]3CC[C@]12C. The molecule has 4 rings (SSSR count). The zero-order valence-corrected chi connectivity index (χ0v) is 23.7. The molecule has 0 heterocycles. The molecule has 3 saturated carbocycles. The lowest BCUT2D eigenvalue weighted by atomic mass is 9.47. The monoisotopic (exact) mass is 470 g/mol. The van der Waals surface area contributed by atoms with Gasteiger partial charge in [0, 0.05) is 6.42 Å². The van der Waals surface area contributed by atoms with Gasteiger partial charge in [-0.3, -0.25) is 4.79 Å². The van der Waals surface area contributed by atoms with E-state index in [2.05, 4.69) is 40.7 Å². The smallest absolute Gasteiger partial charge is 0.311 e. The maximum atomic E-state index is 12.5. The standard InChI is InChI=1S/C32H54O2/c1-21(2)10-9-11-22(3)26-14-15-27-25-13-12-23-20-24(34-29(33)30(4,5)6)16-18-31(23,7)28(25)17-19-32(26,27)8/h12,21-22,24-28H,9-11,13-20H2,1-8H3/t22?,24-,25-,26+,27-,28-,31-,32+/m0/s1. The Labute approximate surface area is 211 Å². The van der Waals surface area contributed by atoms with Gasteiger partial charge < -0.3 is 4.74 Å². The van der Waals surface area contributed by atoms with Gasteiger partial charge in [-0.25, -0.2) is 0 Å². The number of rotatable bonds is 6. The van der Waals surface area contributed by atoms with E-state index in [4.69, 9.17) is 4.74 Å². The average molecular weight is 471 g/mol. The molecule has 0 aromatic rings. The average Bonchev–Trinajstić information content (AvgIpc) is 3.10. The van der Waals surface area contributed by atoms with Gasteiger partial charge in [0.25, 0.3) is 0 Å². The molecular formula is C32H54O2. The highest BCUT2D eigenvalue weighted by atomic mass is 16.5. The maximum absolute atomic E-state index is 12.5.